The van der Waals surface area contributed by atoms with Gasteiger partial charge in [0.2, 0.25) is 0 Å². The molecular weight excluding hydrogens is 310 g/mol. The average Bonchev–Trinajstić information content (AvgIpc) is 3.03. The largest absolute Gasteiger partial charge is 0.507 e. The molecule has 0 radical (unpaired) electrons. The van der Waals surface area contributed by atoms with E-state index in [9.17, 15) is 5.11 Å². The van der Waals surface area contributed by atoms with Crippen molar-refractivity contribution >= 4 is 5.76 Å². The maximum absolute atomic E-state index is 10.00. The predicted octanol–water partition coefficient (Wildman–Crippen LogP) is 7.15. The van der Waals surface area contributed by atoms with Gasteiger partial charge in [-0.3, -0.25) is 0 Å². The summed E-state index contributed by atoms with van der Waals surface area (Å²) in [5.41, 5.74) is 1.83. The number of rotatable bonds is 14. The van der Waals surface area contributed by atoms with E-state index in [1.807, 2.05) is 6.08 Å². The Balaban J connectivity index is 1.43. The van der Waals surface area contributed by atoms with Crippen LogP contribution in [0.1, 0.15) is 114 Å². The van der Waals surface area contributed by atoms with E-state index in [0.717, 1.165) is 42.7 Å². The number of aromatic nitrogens is 1. The minimum absolute atomic E-state index is 0.368. The van der Waals surface area contributed by atoms with E-state index in [0.29, 0.717) is 5.76 Å². The number of allylic oxidation sites excluding steroid dienone is 1. The molecule has 0 atom stereocenters. The smallest absolute Gasteiger partial charge is 0.148 e. The van der Waals surface area contributed by atoms with Gasteiger partial charge >= 0.3 is 0 Å². The summed E-state index contributed by atoms with van der Waals surface area (Å²) in [7, 11) is 0. The molecule has 0 saturated carbocycles. The number of aliphatic hydroxyl groups is 1. The second kappa shape index (κ2) is 12.2. The summed E-state index contributed by atoms with van der Waals surface area (Å²) in [5.74, 6) is 1.23. The first-order chi connectivity index (χ1) is 12.3. The Morgan fingerprint density at radius 2 is 1.44 bits per heavy atom. The lowest BCUT2D eigenvalue weighted by atomic mass is 9.98. The summed E-state index contributed by atoms with van der Waals surface area (Å²) >= 11 is 0. The zero-order valence-electron chi connectivity index (χ0n) is 16.2. The molecule has 1 N–H and O–H groups in total. The Morgan fingerprint density at radius 3 is 2.04 bits per heavy atom. The van der Waals surface area contributed by atoms with Crippen molar-refractivity contribution < 1.29 is 9.63 Å². The van der Waals surface area contributed by atoms with Gasteiger partial charge in [-0.2, -0.15) is 0 Å². The highest BCUT2D eigenvalue weighted by molar-refractivity contribution is 5.63. The van der Waals surface area contributed by atoms with Crippen molar-refractivity contribution in [2.24, 2.45) is 0 Å². The van der Waals surface area contributed by atoms with Gasteiger partial charge in [-0.15, -0.1) is 0 Å². The van der Waals surface area contributed by atoms with Crippen LogP contribution in [0, 0.1) is 0 Å². The summed E-state index contributed by atoms with van der Waals surface area (Å²) < 4.78 is 5.37. The quantitative estimate of drug-likeness (QED) is 0.363. The lowest BCUT2D eigenvalue weighted by Crippen LogP contribution is -1.99. The Kier molecular flexibility index (Phi) is 9.76. The summed E-state index contributed by atoms with van der Waals surface area (Å²) in [4.78, 5) is 0. The van der Waals surface area contributed by atoms with Gasteiger partial charge in [-0.05, 0) is 25.3 Å². The minimum Gasteiger partial charge on any atom is -0.507 e. The van der Waals surface area contributed by atoms with Gasteiger partial charge in [-0.1, -0.05) is 89.1 Å². The molecule has 1 aliphatic rings. The fraction of sp³-hybridized carbons (Fsp3) is 0.773. The maximum Gasteiger partial charge on any atom is 0.148 e. The van der Waals surface area contributed by atoms with Crippen LogP contribution in [0.5, 0.6) is 0 Å². The van der Waals surface area contributed by atoms with Crippen LogP contribution in [0.4, 0.5) is 0 Å². The summed E-state index contributed by atoms with van der Waals surface area (Å²) in [6.07, 6.45) is 22.3. The number of hydrogen-bond acceptors (Lipinski definition) is 3. The van der Waals surface area contributed by atoms with Gasteiger partial charge in [0.25, 0.3) is 0 Å². The topological polar surface area (TPSA) is 46.3 Å². The molecule has 0 unspecified atom stereocenters. The Bertz CT molecular complexity index is 504. The second-order valence-electron chi connectivity index (χ2n) is 7.55. The second-order valence-corrected chi connectivity index (χ2v) is 7.55. The van der Waals surface area contributed by atoms with Gasteiger partial charge in [0.05, 0.1) is 11.3 Å². The Hall–Kier alpha value is -1.25. The standard InChI is InChI=1S/C22H37NO2/c1-2-3-4-5-6-7-8-9-10-11-12-13-14-16-19-22-20(24)17-15-18-21(22)25-23-19/h17,24H,2-16,18H2,1H3. The van der Waals surface area contributed by atoms with Gasteiger partial charge < -0.3 is 9.63 Å². The van der Waals surface area contributed by atoms with E-state index in [1.54, 1.807) is 0 Å². The van der Waals surface area contributed by atoms with E-state index in [-0.39, 0.29) is 0 Å². The molecule has 0 saturated heterocycles. The molecule has 1 aromatic rings. The Labute approximate surface area is 153 Å². The van der Waals surface area contributed by atoms with Crippen molar-refractivity contribution in [2.45, 2.75) is 110 Å². The van der Waals surface area contributed by atoms with E-state index >= 15 is 0 Å². The predicted molar refractivity (Wildman–Crippen MR) is 105 cm³/mol. The normalized spacial score (nSPS) is 13.7. The molecule has 1 aromatic heterocycles. The lowest BCUT2D eigenvalue weighted by Gasteiger charge is -2.07. The molecule has 2 rings (SSSR count). The van der Waals surface area contributed by atoms with E-state index < -0.39 is 0 Å². The van der Waals surface area contributed by atoms with Crippen LogP contribution < -0.4 is 0 Å². The van der Waals surface area contributed by atoms with Crippen LogP contribution in [0.25, 0.3) is 5.76 Å². The van der Waals surface area contributed by atoms with E-state index in [4.69, 9.17) is 4.52 Å². The number of fused-ring (bicyclic) bond motifs is 1. The molecular formula is C22H37NO2. The third-order valence-electron chi connectivity index (χ3n) is 5.32. The number of unbranched alkanes of at least 4 members (excludes halogenated alkanes) is 12. The van der Waals surface area contributed by atoms with Crippen LogP contribution in [0.2, 0.25) is 0 Å². The number of nitrogens with zero attached hydrogens (tertiary/aromatic N) is 1. The van der Waals surface area contributed by atoms with Crippen molar-refractivity contribution in [3.05, 3.63) is 23.1 Å². The number of aliphatic hydroxyl groups excluding tert-OH is 1. The molecule has 0 aliphatic heterocycles. The number of hydrogen-bond donors (Lipinski definition) is 1. The highest BCUT2D eigenvalue weighted by Gasteiger charge is 2.21. The van der Waals surface area contributed by atoms with Crippen molar-refractivity contribution in [1.29, 1.82) is 0 Å². The zero-order valence-corrected chi connectivity index (χ0v) is 16.2. The third-order valence-corrected chi connectivity index (χ3v) is 5.32. The van der Waals surface area contributed by atoms with Gasteiger partial charge in [0, 0.05) is 6.42 Å². The van der Waals surface area contributed by atoms with Crippen molar-refractivity contribution in [1.82, 2.24) is 5.16 Å². The Morgan fingerprint density at radius 1 is 0.880 bits per heavy atom. The molecule has 0 spiro atoms. The minimum atomic E-state index is 0.368. The van der Waals surface area contributed by atoms with Crippen LogP contribution >= 0.6 is 0 Å². The zero-order chi connectivity index (χ0) is 17.7. The fourth-order valence-electron chi connectivity index (χ4n) is 3.75. The molecule has 1 heterocycles. The molecule has 0 amide bonds. The molecule has 142 valence electrons. The lowest BCUT2D eigenvalue weighted by molar-refractivity contribution is 0.374. The third kappa shape index (κ3) is 7.25. The molecule has 3 nitrogen and oxygen atoms in total. The molecule has 0 bridgehead atoms. The number of aryl methyl sites for hydroxylation is 2. The van der Waals surface area contributed by atoms with E-state index in [2.05, 4.69) is 12.1 Å². The van der Waals surface area contributed by atoms with Gasteiger partial charge in [-0.25, -0.2) is 0 Å². The molecule has 1 aliphatic carbocycles. The molecule has 0 fully saturated rings. The van der Waals surface area contributed by atoms with E-state index in [1.165, 1.54) is 77.0 Å². The highest BCUT2D eigenvalue weighted by Crippen LogP contribution is 2.28. The van der Waals surface area contributed by atoms with Crippen molar-refractivity contribution in [2.75, 3.05) is 0 Å². The highest BCUT2D eigenvalue weighted by atomic mass is 16.5. The van der Waals surface area contributed by atoms with Gasteiger partial charge in [0.15, 0.2) is 0 Å². The average molecular weight is 348 g/mol. The van der Waals surface area contributed by atoms with Crippen molar-refractivity contribution in [3.8, 4) is 0 Å². The van der Waals surface area contributed by atoms with Crippen molar-refractivity contribution in [3.63, 3.8) is 0 Å². The van der Waals surface area contributed by atoms with Crippen LogP contribution in [0.3, 0.4) is 0 Å². The van der Waals surface area contributed by atoms with Crippen LogP contribution in [0.15, 0.2) is 10.6 Å². The molecule has 3 heteroatoms. The summed E-state index contributed by atoms with van der Waals surface area (Å²) in [6, 6.07) is 0. The van der Waals surface area contributed by atoms with Gasteiger partial charge in [0.1, 0.15) is 11.5 Å². The van der Waals surface area contributed by atoms with Crippen LogP contribution in [-0.2, 0) is 12.8 Å². The van der Waals surface area contributed by atoms with Crippen LogP contribution in [-0.4, -0.2) is 10.3 Å². The SMILES string of the molecule is CCCCCCCCCCCCCCCc1noc2c1C(O)=CCC2. The first kappa shape index (κ1) is 20.1. The fourth-order valence-corrected chi connectivity index (χ4v) is 3.75. The summed E-state index contributed by atoms with van der Waals surface area (Å²) in [5, 5.41) is 14.2. The first-order valence-corrected chi connectivity index (χ1v) is 10.7. The molecule has 0 aromatic carbocycles. The summed E-state index contributed by atoms with van der Waals surface area (Å²) in [6.45, 7) is 2.28. The monoisotopic (exact) mass is 347 g/mol. The maximum atomic E-state index is 10.00. The molecule has 25 heavy (non-hydrogen) atoms. The first-order valence-electron chi connectivity index (χ1n) is 10.7.